The number of guanidine groups is 1. The molecular weight excluding hydrogens is 1900 g/mol. The Bertz CT molecular complexity index is 5960. The molecule has 14 N–H and O–H groups in total. The van der Waals surface area contributed by atoms with Gasteiger partial charge in [-0.1, -0.05) is 202 Å². The second-order valence-electron chi connectivity index (χ2n) is 40.6. The number of aliphatic carboxylic acids is 1. The van der Waals surface area contributed by atoms with E-state index in [1.54, 1.807) is 166 Å². The summed E-state index contributed by atoms with van der Waals surface area (Å²) in [4.78, 5) is 208. The number of unbranched alkanes of at least 4 members (excludes halogenated alkanes) is 2. The minimum atomic E-state index is -4.48. The highest BCUT2D eigenvalue weighted by Gasteiger charge is 2.45. The van der Waals surface area contributed by atoms with Crippen LogP contribution < -0.4 is 67.9 Å². The summed E-state index contributed by atoms with van der Waals surface area (Å²) >= 11 is 0. The smallest absolute Gasteiger partial charge is 0.322 e. The SMILES string of the molecule is Cc1c(C)c(S(=O)(=O)NC(=N)NCCC[C@H](NC(=O)CNC(=O)[C@H](COC(C)(C)C)NC(=O)[C@H](CC(C)C)NC(=O)CCCCCN2C(=O)C=CC2=O)C(=O)N[C@@H](COC(C)(C)C)C(=O)N[C@@H](CC(=O)OC(C)(C)C)C(=O)N[C@@H](CC(=O)NC(c2ccccc2)(c2ccccc2)c2ccccc2)C(=O)N[C@@H](Cc2cn(C(c3ccccc3)(c3ccccc3)c3ccccc3)cn2)C(=O)NCC(=O)O)c(C)c2c1OC(C)(C)C2. The fourth-order valence-electron chi connectivity index (χ4n) is 17.5. The van der Waals surface area contributed by atoms with Crippen molar-refractivity contribution in [1.82, 2.24) is 77.7 Å². The Balaban J connectivity index is 0.976. The topological polar surface area (TPSA) is 520 Å². The highest BCUT2D eigenvalue weighted by molar-refractivity contribution is 7.90. The highest BCUT2D eigenvalue weighted by atomic mass is 32.2. The van der Waals surface area contributed by atoms with Crippen molar-refractivity contribution in [2.45, 2.75) is 262 Å². The lowest BCUT2D eigenvalue weighted by Crippen LogP contribution is -2.61. The van der Waals surface area contributed by atoms with E-state index in [0.29, 0.717) is 70.4 Å². The highest BCUT2D eigenvalue weighted by Crippen LogP contribution is 2.45. The van der Waals surface area contributed by atoms with Gasteiger partial charge in [0, 0.05) is 56.3 Å². The first kappa shape index (κ1) is 114. The zero-order valence-corrected chi connectivity index (χ0v) is 86.9. The Morgan fingerprint density at radius 3 is 1.41 bits per heavy atom. The molecule has 0 saturated carbocycles. The Kier molecular flexibility index (Phi) is 39.5. The number of nitrogens with zero attached hydrogens (tertiary/aromatic N) is 3. The average molecular weight is 2040 g/mol. The van der Waals surface area contributed by atoms with E-state index in [-0.39, 0.29) is 48.9 Å². The summed E-state index contributed by atoms with van der Waals surface area (Å²) < 4.78 is 57.1. The number of carboxylic acids is 1. The number of imide groups is 1. The van der Waals surface area contributed by atoms with Crippen LogP contribution in [0, 0.1) is 32.1 Å². The number of ether oxygens (including phenoxy) is 4. The van der Waals surface area contributed by atoms with E-state index < -0.39 is 227 Å². The number of rotatable bonds is 50. The van der Waals surface area contributed by atoms with E-state index in [1.807, 2.05) is 123 Å². The third-order valence-corrected chi connectivity index (χ3v) is 26.1. The summed E-state index contributed by atoms with van der Waals surface area (Å²) in [6, 6.07) is 42.9. The summed E-state index contributed by atoms with van der Waals surface area (Å²) in [6.07, 6.45) is 4.25. The minimum absolute atomic E-state index is 0.0276. The fourth-order valence-corrected chi connectivity index (χ4v) is 19.0. The van der Waals surface area contributed by atoms with Crippen molar-refractivity contribution in [2.75, 3.05) is 39.4 Å². The molecule has 0 fully saturated rings. The largest absolute Gasteiger partial charge is 0.487 e. The molecule has 786 valence electrons. The number of hydrogen-bond donors (Lipinski definition) is 14. The standard InChI is InChI=1S/C109H138N16O21S/c1-68(2)57-81(116-87(126)52-36-23-37-56-125-90(129)53-54-91(125)130)99(137)120-85(65-143-104(6,7)8)97(135)112-62-89(128)115-80(51-38-55-111-103(110)123-147(141,142)95-70(4)69(3)94-79(71(95)5)61-107(15,16)146-94)98(136)121-86(66-144-105(9,10)11)102(140)119-84(60-93(133)145-106(12,13)14)101(139)118-83(59-88(127)122-108(72-39-24-17-25-40-72,73-41-26-18-27-42-73)74-43-28-19-29-44-74)100(138)117-82(96(134)113-63-92(131)132)58-78-64-124(67-114-78)109(75-45-30-20-31-46-75,76-47-32-21-33-48-76)77-49-34-22-35-50-77/h17-22,24-35,39-50,53-54,64,67-68,80-86H,23,36-38,51-52,55-63,65-66H2,1-16H3,(H,112,135)(H,113,134)(H,115,128)(H,116,126)(H,117,138)(H,118,139)(H,119,140)(H,120,137)(H,121,136)(H,122,127)(H,131,132)(H3,110,111,123)/t80-,81-,82-,83-,84-,85-,86-/m0/s1. The Morgan fingerprint density at radius 2 is 0.925 bits per heavy atom. The first-order chi connectivity index (χ1) is 69.4. The summed E-state index contributed by atoms with van der Waals surface area (Å²) in [5, 5.41) is 48.2. The third kappa shape index (κ3) is 32.1. The summed E-state index contributed by atoms with van der Waals surface area (Å²) in [7, 11) is -4.48. The molecule has 1 aromatic heterocycles. The number of esters is 1. The summed E-state index contributed by atoms with van der Waals surface area (Å²) in [6.45, 7) is 23.8. The van der Waals surface area contributed by atoms with Crippen molar-refractivity contribution >= 4 is 98.8 Å². The van der Waals surface area contributed by atoms with Gasteiger partial charge in [0.2, 0.25) is 65.0 Å². The predicted octanol–water partition coefficient (Wildman–Crippen LogP) is 8.29. The molecule has 0 aliphatic carbocycles. The van der Waals surface area contributed by atoms with Crippen LogP contribution in [0.1, 0.15) is 209 Å². The molecule has 0 spiro atoms. The number of imidazole rings is 1. The van der Waals surface area contributed by atoms with Gasteiger partial charge in [-0.25, -0.2) is 18.1 Å². The van der Waals surface area contributed by atoms with Crippen LogP contribution in [-0.4, -0.2) is 221 Å². The molecule has 10 rings (SSSR count). The van der Waals surface area contributed by atoms with Gasteiger partial charge in [-0.2, -0.15) is 0 Å². The molecule has 2 aliphatic rings. The van der Waals surface area contributed by atoms with Crippen LogP contribution in [0.25, 0.3) is 0 Å². The van der Waals surface area contributed by atoms with Gasteiger partial charge in [0.05, 0.1) is 60.7 Å². The van der Waals surface area contributed by atoms with Crippen molar-refractivity contribution in [3.05, 3.63) is 268 Å². The van der Waals surface area contributed by atoms with Gasteiger partial charge in [-0.05, 0) is 185 Å². The van der Waals surface area contributed by atoms with Gasteiger partial charge in [-0.3, -0.25) is 77.4 Å². The number of benzene rings is 7. The van der Waals surface area contributed by atoms with Gasteiger partial charge in [0.25, 0.3) is 21.8 Å². The quantitative estimate of drug-likeness (QED) is 0.00425. The van der Waals surface area contributed by atoms with Gasteiger partial charge >= 0.3 is 11.9 Å². The Hall–Kier alpha value is -14.8. The number of fused-ring (bicyclic) bond motifs is 1. The lowest BCUT2D eigenvalue weighted by atomic mass is 9.77. The van der Waals surface area contributed by atoms with E-state index in [0.717, 1.165) is 21.6 Å². The molecule has 8 aromatic rings. The lowest BCUT2D eigenvalue weighted by Gasteiger charge is -2.37. The van der Waals surface area contributed by atoms with Crippen LogP contribution in [0.2, 0.25) is 0 Å². The van der Waals surface area contributed by atoms with Crippen LogP contribution in [0.15, 0.2) is 212 Å². The molecule has 0 bridgehead atoms. The molecule has 38 heteroatoms. The zero-order chi connectivity index (χ0) is 108. The fraction of sp³-hybridized carbons (Fsp3) is 0.431. The van der Waals surface area contributed by atoms with Crippen LogP contribution in [0.4, 0.5) is 0 Å². The third-order valence-electron chi connectivity index (χ3n) is 24.5. The predicted molar refractivity (Wildman–Crippen MR) is 550 cm³/mol. The van der Waals surface area contributed by atoms with Crippen molar-refractivity contribution < 1.29 is 99.6 Å². The maximum Gasteiger partial charge on any atom is 0.322 e. The van der Waals surface area contributed by atoms with E-state index in [2.05, 4.69) is 63.2 Å². The molecule has 0 saturated heterocycles. The average Bonchev–Trinajstić information content (AvgIpc) is 1.71. The summed E-state index contributed by atoms with van der Waals surface area (Å²) in [5.41, 5.74) is -0.390. The van der Waals surface area contributed by atoms with Crippen LogP contribution in [0.5, 0.6) is 5.75 Å². The number of carbonyl (C=O) groups is 14. The van der Waals surface area contributed by atoms with E-state index in [4.69, 9.17) is 29.3 Å². The molecule has 0 unspecified atom stereocenters. The molecule has 7 atom stereocenters. The van der Waals surface area contributed by atoms with Crippen molar-refractivity contribution in [1.29, 1.82) is 5.41 Å². The number of carbonyl (C=O) groups excluding carboxylic acids is 13. The molecule has 37 nitrogen and oxygen atoms in total. The van der Waals surface area contributed by atoms with Gasteiger partial charge in [0.15, 0.2) is 0 Å². The number of aromatic nitrogens is 2. The number of amides is 12. The molecular formula is C109H138N16O21S. The van der Waals surface area contributed by atoms with Crippen LogP contribution >= 0.6 is 0 Å². The van der Waals surface area contributed by atoms with Crippen LogP contribution in [0.3, 0.4) is 0 Å². The van der Waals surface area contributed by atoms with Gasteiger partial charge in [0.1, 0.15) is 76.9 Å². The second kappa shape index (κ2) is 50.8. The van der Waals surface area contributed by atoms with E-state index in [9.17, 15) is 56.7 Å². The summed E-state index contributed by atoms with van der Waals surface area (Å²) in [5.74, 6) is -13.9. The van der Waals surface area contributed by atoms with Gasteiger partial charge < -0.3 is 87.1 Å². The first-order valence-corrected chi connectivity index (χ1v) is 50.6. The first-order valence-electron chi connectivity index (χ1n) is 49.1. The monoisotopic (exact) mass is 2040 g/mol. The number of sulfonamides is 1. The molecule has 147 heavy (non-hydrogen) atoms. The maximum absolute atomic E-state index is 16.0. The Labute approximate surface area is 857 Å². The lowest BCUT2D eigenvalue weighted by molar-refractivity contribution is -0.157. The van der Waals surface area contributed by atoms with Crippen molar-refractivity contribution in [2.24, 2.45) is 5.92 Å². The normalized spacial score (nSPS) is 14.4. The minimum Gasteiger partial charge on any atom is -0.487 e. The number of nitrogens with one attached hydrogen (secondary N) is 13. The van der Waals surface area contributed by atoms with Crippen LogP contribution in [-0.2, 0) is 115 Å². The molecule has 0 radical (unpaired) electrons. The molecule has 12 amide bonds. The van der Waals surface area contributed by atoms with Crippen molar-refractivity contribution in [3.8, 4) is 5.75 Å². The number of hydrogen-bond acceptors (Lipinski definition) is 22. The van der Waals surface area contributed by atoms with Crippen molar-refractivity contribution in [3.63, 3.8) is 0 Å². The van der Waals surface area contributed by atoms with Gasteiger partial charge in [-0.15, -0.1) is 0 Å². The Morgan fingerprint density at radius 1 is 0.490 bits per heavy atom. The second-order valence-corrected chi connectivity index (χ2v) is 42.2. The molecule has 2 aliphatic heterocycles. The van der Waals surface area contributed by atoms with E-state index in [1.165, 1.54) is 32.9 Å². The molecule has 7 aromatic carbocycles. The van der Waals surface area contributed by atoms with E-state index >= 15 is 24.0 Å². The number of carboxylic acid groups (broad SMARTS) is 1. The maximum atomic E-state index is 16.0. The zero-order valence-electron chi connectivity index (χ0n) is 86.1. The molecule has 3 heterocycles.